The summed E-state index contributed by atoms with van der Waals surface area (Å²) in [5, 5.41) is 0.434. The molecule has 0 N–H and O–H groups in total. The summed E-state index contributed by atoms with van der Waals surface area (Å²) < 4.78 is 27.6. The summed E-state index contributed by atoms with van der Waals surface area (Å²) in [5.74, 6) is -1.37. The van der Waals surface area contributed by atoms with E-state index in [1.807, 2.05) is 35.8 Å². The second-order valence-electron chi connectivity index (χ2n) is 5.32. The highest BCUT2D eigenvalue weighted by Gasteiger charge is 2.19. The van der Waals surface area contributed by atoms with Gasteiger partial charge in [-0.1, -0.05) is 35.1 Å². The number of aryl methyl sites for hydroxylation is 1. The van der Waals surface area contributed by atoms with Crippen molar-refractivity contribution in [3.63, 3.8) is 0 Å². The maximum Gasteiger partial charge on any atom is 0.263 e. The van der Waals surface area contributed by atoms with Crippen LogP contribution in [0.25, 0.3) is 10.2 Å². The molecule has 0 aliphatic carbocycles. The van der Waals surface area contributed by atoms with Gasteiger partial charge in [0.05, 0.1) is 15.1 Å². The smallest absolute Gasteiger partial charge is 0.263 e. The number of aromatic nitrogens is 1. The molecule has 0 unspecified atom stereocenters. The number of amides is 1. The van der Waals surface area contributed by atoms with E-state index in [1.54, 1.807) is 0 Å². The number of rotatable bonds is 4. The van der Waals surface area contributed by atoms with Gasteiger partial charge in [-0.2, -0.15) is 4.99 Å². The van der Waals surface area contributed by atoms with Gasteiger partial charge in [0, 0.05) is 11.6 Å². The molecule has 8 heteroatoms. The maximum atomic E-state index is 12.3. The van der Waals surface area contributed by atoms with E-state index in [0.29, 0.717) is 16.4 Å². The van der Waals surface area contributed by atoms with Gasteiger partial charge in [0.15, 0.2) is 14.6 Å². The molecule has 0 saturated carbocycles. The van der Waals surface area contributed by atoms with E-state index >= 15 is 0 Å². The molecule has 1 amide bonds. The third-order valence-corrected chi connectivity index (χ3v) is 6.54. The number of carbonyl (C=O) groups excluding carboxylic acids is 1. The standard InChI is InChI=1S/C17H15ClN2O3S2/c1-2-20-14-5-3-4-6-15(14)24-17(20)19-16(21)11-25(22,23)13-9-7-12(18)8-10-13/h3-10H,2,11H2,1H3. The number of carbonyl (C=O) groups is 1. The summed E-state index contributed by atoms with van der Waals surface area (Å²) in [6.45, 7) is 2.59. The lowest BCUT2D eigenvalue weighted by Crippen LogP contribution is -2.20. The lowest BCUT2D eigenvalue weighted by atomic mass is 10.3. The quantitative estimate of drug-likeness (QED) is 0.681. The second kappa shape index (κ2) is 7.11. The minimum atomic E-state index is -3.75. The van der Waals surface area contributed by atoms with Gasteiger partial charge < -0.3 is 4.57 Å². The van der Waals surface area contributed by atoms with E-state index in [-0.39, 0.29) is 4.90 Å². The second-order valence-corrected chi connectivity index (χ2v) is 8.75. The van der Waals surface area contributed by atoms with Crippen LogP contribution in [0.3, 0.4) is 0 Å². The molecule has 130 valence electrons. The fourth-order valence-corrected chi connectivity index (χ4v) is 4.78. The summed E-state index contributed by atoms with van der Waals surface area (Å²) in [5.41, 5.74) is 0.974. The van der Waals surface area contributed by atoms with Gasteiger partial charge >= 0.3 is 0 Å². The zero-order valence-corrected chi connectivity index (χ0v) is 15.7. The van der Waals surface area contributed by atoms with Gasteiger partial charge in [-0.05, 0) is 43.3 Å². The molecule has 0 aliphatic heterocycles. The average molecular weight is 395 g/mol. The zero-order valence-electron chi connectivity index (χ0n) is 13.3. The molecule has 0 atom stereocenters. The molecule has 25 heavy (non-hydrogen) atoms. The van der Waals surface area contributed by atoms with Crippen LogP contribution in [0.5, 0.6) is 0 Å². The summed E-state index contributed by atoms with van der Waals surface area (Å²) in [6, 6.07) is 13.4. The van der Waals surface area contributed by atoms with Crippen molar-refractivity contribution in [2.45, 2.75) is 18.4 Å². The van der Waals surface area contributed by atoms with Gasteiger partial charge in [-0.25, -0.2) is 8.42 Å². The van der Waals surface area contributed by atoms with Crippen molar-refractivity contribution in [1.82, 2.24) is 4.57 Å². The van der Waals surface area contributed by atoms with Gasteiger partial charge in [-0.15, -0.1) is 0 Å². The predicted molar refractivity (Wildman–Crippen MR) is 99.6 cm³/mol. The van der Waals surface area contributed by atoms with Crippen molar-refractivity contribution in [1.29, 1.82) is 0 Å². The zero-order chi connectivity index (χ0) is 18.0. The highest BCUT2D eigenvalue weighted by atomic mass is 35.5. The Morgan fingerprint density at radius 1 is 1.16 bits per heavy atom. The van der Waals surface area contributed by atoms with E-state index in [9.17, 15) is 13.2 Å². The summed E-state index contributed by atoms with van der Waals surface area (Å²) in [7, 11) is -3.75. The summed E-state index contributed by atoms with van der Waals surface area (Å²) in [6.07, 6.45) is 0. The number of fused-ring (bicyclic) bond motifs is 1. The fraction of sp³-hybridized carbons (Fsp3) is 0.176. The number of nitrogens with zero attached hydrogens (tertiary/aromatic N) is 2. The molecule has 5 nitrogen and oxygen atoms in total. The molecule has 0 fully saturated rings. The van der Waals surface area contributed by atoms with E-state index in [4.69, 9.17) is 11.6 Å². The first-order valence-corrected chi connectivity index (χ1v) is 10.4. The van der Waals surface area contributed by atoms with Crippen LogP contribution in [0.15, 0.2) is 58.4 Å². The summed E-state index contributed by atoms with van der Waals surface area (Å²) in [4.78, 5) is 16.8. The van der Waals surface area contributed by atoms with Gasteiger partial charge in [0.2, 0.25) is 0 Å². The number of sulfone groups is 1. The molecule has 0 aliphatic rings. The Morgan fingerprint density at radius 3 is 2.52 bits per heavy atom. The van der Waals surface area contributed by atoms with Crippen LogP contribution in [-0.2, 0) is 21.2 Å². The molecule has 0 bridgehead atoms. The van der Waals surface area contributed by atoms with Crippen molar-refractivity contribution in [3.8, 4) is 0 Å². The topological polar surface area (TPSA) is 68.5 Å². The number of para-hydroxylation sites is 1. The largest absolute Gasteiger partial charge is 0.317 e. The van der Waals surface area contributed by atoms with E-state index in [0.717, 1.165) is 10.2 Å². The lowest BCUT2D eigenvalue weighted by Gasteiger charge is -2.02. The number of benzene rings is 2. The molecule has 1 heterocycles. The van der Waals surface area contributed by atoms with Gasteiger partial charge in [-0.3, -0.25) is 4.79 Å². The minimum absolute atomic E-state index is 0.0557. The third kappa shape index (κ3) is 3.84. The first-order valence-electron chi connectivity index (χ1n) is 7.55. The molecule has 3 aromatic rings. The van der Waals surface area contributed by atoms with Crippen molar-refractivity contribution in [2.75, 3.05) is 5.75 Å². The van der Waals surface area contributed by atoms with Crippen LogP contribution in [-0.4, -0.2) is 24.6 Å². The Hall–Kier alpha value is -1.96. The van der Waals surface area contributed by atoms with Crippen molar-refractivity contribution >= 4 is 48.9 Å². The molecule has 0 spiro atoms. The highest BCUT2D eigenvalue weighted by Crippen LogP contribution is 2.17. The van der Waals surface area contributed by atoms with Crippen molar-refractivity contribution < 1.29 is 13.2 Å². The Balaban J connectivity index is 1.94. The molecule has 2 aromatic carbocycles. The Kier molecular flexibility index (Phi) is 5.08. The molecular weight excluding hydrogens is 380 g/mol. The first kappa shape index (κ1) is 17.8. The van der Waals surface area contributed by atoms with Crippen LogP contribution >= 0.6 is 22.9 Å². The van der Waals surface area contributed by atoms with Gasteiger partial charge in [0.1, 0.15) is 5.75 Å². The Bertz CT molecular complexity index is 1100. The maximum absolute atomic E-state index is 12.3. The molecule has 0 radical (unpaired) electrons. The monoisotopic (exact) mass is 394 g/mol. The molecular formula is C17H15ClN2O3S2. The number of hydrogen-bond acceptors (Lipinski definition) is 4. The van der Waals surface area contributed by atoms with Gasteiger partial charge in [0.25, 0.3) is 5.91 Å². The molecule has 0 saturated heterocycles. The van der Waals surface area contributed by atoms with Crippen LogP contribution in [0.2, 0.25) is 5.02 Å². The SMILES string of the molecule is CCn1c(=NC(=O)CS(=O)(=O)c2ccc(Cl)cc2)sc2ccccc21. The lowest BCUT2D eigenvalue weighted by molar-refractivity contribution is -0.115. The van der Waals surface area contributed by atoms with E-state index in [1.165, 1.54) is 35.6 Å². The van der Waals surface area contributed by atoms with Crippen LogP contribution in [0.1, 0.15) is 6.92 Å². The summed E-state index contributed by atoms with van der Waals surface area (Å²) >= 11 is 7.13. The van der Waals surface area contributed by atoms with Crippen LogP contribution in [0, 0.1) is 0 Å². The van der Waals surface area contributed by atoms with Crippen LogP contribution in [0.4, 0.5) is 0 Å². The van der Waals surface area contributed by atoms with Crippen molar-refractivity contribution in [2.24, 2.45) is 4.99 Å². The number of halogens is 1. The first-order chi connectivity index (χ1) is 11.9. The number of thiazole rings is 1. The molecule has 3 rings (SSSR count). The van der Waals surface area contributed by atoms with Crippen molar-refractivity contribution in [3.05, 3.63) is 58.4 Å². The van der Waals surface area contributed by atoms with E-state index in [2.05, 4.69) is 4.99 Å². The predicted octanol–water partition coefficient (Wildman–Crippen LogP) is 3.28. The van der Waals surface area contributed by atoms with E-state index < -0.39 is 21.5 Å². The van der Waals surface area contributed by atoms with Crippen LogP contribution < -0.4 is 4.80 Å². The fourth-order valence-electron chi connectivity index (χ4n) is 2.44. The minimum Gasteiger partial charge on any atom is -0.317 e. The molecule has 1 aromatic heterocycles. The Labute approximate surface area is 154 Å². The Morgan fingerprint density at radius 2 is 1.84 bits per heavy atom. The average Bonchev–Trinajstić information content (AvgIpc) is 2.91. The highest BCUT2D eigenvalue weighted by molar-refractivity contribution is 7.92. The third-order valence-electron chi connectivity index (χ3n) is 3.61. The normalized spacial score (nSPS) is 12.6. The number of hydrogen-bond donors (Lipinski definition) is 0.